The van der Waals surface area contributed by atoms with E-state index < -0.39 is 0 Å². The number of halogens is 3. The van der Waals surface area contributed by atoms with Gasteiger partial charge in [0.15, 0.2) is 0 Å². The molecule has 1 aromatic carbocycles. The highest BCUT2D eigenvalue weighted by molar-refractivity contribution is 6.35. The lowest BCUT2D eigenvalue weighted by Crippen LogP contribution is -2.34. The molecule has 0 radical (unpaired) electrons. The second-order valence-corrected chi connectivity index (χ2v) is 5.83. The summed E-state index contributed by atoms with van der Waals surface area (Å²) in [7, 11) is 0. The standard InChI is InChI=1S/C14H20Cl2N2.ClH/c1-10(13-3-2-12(15)8-14(13)16)18-9-11-4-6-17-7-5-11;/h2-3,8,10-11,17-18H,4-7,9H2,1H3;1H. The van der Waals surface area contributed by atoms with Crippen molar-refractivity contribution >= 4 is 35.6 Å². The van der Waals surface area contributed by atoms with Crippen LogP contribution in [0.15, 0.2) is 18.2 Å². The molecule has 5 heteroatoms. The molecule has 1 aliphatic heterocycles. The topological polar surface area (TPSA) is 24.1 Å². The summed E-state index contributed by atoms with van der Waals surface area (Å²) in [6, 6.07) is 5.97. The average Bonchev–Trinajstić information content (AvgIpc) is 2.37. The number of benzene rings is 1. The third kappa shape index (κ3) is 5.13. The molecule has 2 nitrogen and oxygen atoms in total. The molecule has 0 bridgehead atoms. The van der Waals surface area contributed by atoms with Gasteiger partial charge in [0.1, 0.15) is 0 Å². The zero-order valence-electron chi connectivity index (χ0n) is 11.1. The Morgan fingerprint density at radius 2 is 2.00 bits per heavy atom. The SMILES string of the molecule is CC(NCC1CCNCC1)c1ccc(Cl)cc1Cl.Cl. The number of nitrogens with one attached hydrogen (secondary N) is 2. The van der Waals surface area contributed by atoms with Crippen LogP contribution in [0, 0.1) is 5.92 Å². The Morgan fingerprint density at radius 3 is 2.63 bits per heavy atom. The third-order valence-corrected chi connectivity index (χ3v) is 4.16. The number of piperidine rings is 1. The van der Waals surface area contributed by atoms with Gasteiger partial charge in [0, 0.05) is 16.1 Å². The first kappa shape index (κ1) is 17.1. The Labute approximate surface area is 131 Å². The molecule has 19 heavy (non-hydrogen) atoms. The molecular weight excluding hydrogens is 303 g/mol. The lowest BCUT2D eigenvalue weighted by atomic mass is 9.97. The molecule has 0 saturated carbocycles. The monoisotopic (exact) mass is 322 g/mol. The van der Waals surface area contributed by atoms with Crippen LogP contribution in [0.2, 0.25) is 10.0 Å². The minimum atomic E-state index is 0. The molecule has 1 aromatic rings. The molecule has 1 aliphatic rings. The molecule has 2 rings (SSSR count). The van der Waals surface area contributed by atoms with Crippen LogP contribution < -0.4 is 10.6 Å². The van der Waals surface area contributed by atoms with Crippen LogP contribution in [0.25, 0.3) is 0 Å². The van der Waals surface area contributed by atoms with Crippen LogP contribution in [0.4, 0.5) is 0 Å². The predicted molar refractivity (Wildman–Crippen MR) is 85.7 cm³/mol. The normalized spacial score (nSPS) is 17.8. The fourth-order valence-corrected chi connectivity index (χ4v) is 2.96. The van der Waals surface area contributed by atoms with E-state index in [4.69, 9.17) is 23.2 Å². The summed E-state index contributed by atoms with van der Waals surface area (Å²) in [5.41, 5.74) is 1.12. The quantitative estimate of drug-likeness (QED) is 0.873. The Bertz CT molecular complexity index is 392. The van der Waals surface area contributed by atoms with Gasteiger partial charge in [-0.15, -0.1) is 12.4 Å². The van der Waals surface area contributed by atoms with Gasteiger partial charge in [-0.2, -0.15) is 0 Å². The van der Waals surface area contributed by atoms with Crippen LogP contribution in [-0.2, 0) is 0 Å². The fourth-order valence-electron chi connectivity index (χ4n) is 2.39. The largest absolute Gasteiger partial charge is 0.317 e. The van der Waals surface area contributed by atoms with E-state index >= 15 is 0 Å². The summed E-state index contributed by atoms with van der Waals surface area (Å²) in [5.74, 6) is 0.778. The summed E-state index contributed by atoms with van der Waals surface area (Å²) in [4.78, 5) is 0. The summed E-state index contributed by atoms with van der Waals surface area (Å²) in [5, 5.41) is 8.39. The first-order chi connectivity index (χ1) is 8.66. The first-order valence-electron chi connectivity index (χ1n) is 6.56. The van der Waals surface area contributed by atoms with E-state index in [1.165, 1.54) is 12.8 Å². The van der Waals surface area contributed by atoms with Gasteiger partial charge in [-0.3, -0.25) is 0 Å². The maximum absolute atomic E-state index is 6.21. The molecule has 1 saturated heterocycles. The van der Waals surface area contributed by atoms with E-state index in [-0.39, 0.29) is 18.4 Å². The Kier molecular flexibility index (Phi) is 7.48. The van der Waals surface area contributed by atoms with E-state index in [9.17, 15) is 0 Å². The van der Waals surface area contributed by atoms with Gasteiger partial charge in [0.05, 0.1) is 0 Å². The van der Waals surface area contributed by atoms with Crippen molar-refractivity contribution in [3.05, 3.63) is 33.8 Å². The van der Waals surface area contributed by atoms with Crippen LogP contribution in [0.1, 0.15) is 31.4 Å². The maximum atomic E-state index is 6.21. The van der Waals surface area contributed by atoms with Crippen LogP contribution in [0.3, 0.4) is 0 Å². The molecule has 1 unspecified atom stereocenters. The molecule has 0 spiro atoms. The molecule has 2 N–H and O–H groups in total. The minimum absolute atomic E-state index is 0. The zero-order chi connectivity index (χ0) is 13.0. The first-order valence-corrected chi connectivity index (χ1v) is 7.31. The Hall–Kier alpha value is 0.01000. The lowest BCUT2D eigenvalue weighted by Gasteiger charge is -2.25. The fraction of sp³-hybridized carbons (Fsp3) is 0.571. The van der Waals surface area contributed by atoms with E-state index in [1.54, 1.807) is 6.07 Å². The zero-order valence-corrected chi connectivity index (χ0v) is 13.4. The van der Waals surface area contributed by atoms with E-state index in [0.29, 0.717) is 5.02 Å². The number of rotatable bonds is 4. The lowest BCUT2D eigenvalue weighted by molar-refractivity contribution is 0.345. The molecule has 0 aliphatic carbocycles. The molecule has 1 fully saturated rings. The minimum Gasteiger partial charge on any atom is -0.317 e. The highest BCUT2D eigenvalue weighted by Gasteiger charge is 2.15. The van der Waals surface area contributed by atoms with Crippen molar-refractivity contribution < 1.29 is 0 Å². The van der Waals surface area contributed by atoms with Gasteiger partial charge in [0.2, 0.25) is 0 Å². The number of hydrogen-bond acceptors (Lipinski definition) is 2. The van der Waals surface area contributed by atoms with E-state index in [2.05, 4.69) is 17.6 Å². The summed E-state index contributed by atoms with van der Waals surface area (Å²) >= 11 is 12.1. The Morgan fingerprint density at radius 1 is 1.32 bits per heavy atom. The highest BCUT2D eigenvalue weighted by atomic mass is 35.5. The Balaban J connectivity index is 0.00000180. The van der Waals surface area contributed by atoms with Crippen molar-refractivity contribution in [2.75, 3.05) is 19.6 Å². The molecule has 1 atom stereocenters. The van der Waals surface area contributed by atoms with Gasteiger partial charge in [-0.1, -0.05) is 29.3 Å². The number of hydrogen-bond donors (Lipinski definition) is 2. The molecule has 0 aromatic heterocycles. The molecule has 108 valence electrons. The van der Waals surface area contributed by atoms with E-state index in [1.807, 2.05) is 12.1 Å². The van der Waals surface area contributed by atoms with E-state index in [0.717, 1.165) is 36.1 Å². The second-order valence-electron chi connectivity index (χ2n) is 4.99. The van der Waals surface area contributed by atoms with Gasteiger partial charge in [-0.25, -0.2) is 0 Å². The van der Waals surface area contributed by atoms with Gasteiger partial charge < -0.3 is 10.6 Å². The van der Waals surface area contributed by atoms with Crippen molar-refractivity contribution in [3.8, 4) is 0 Å². The highest BCUT2D eigenvalue weighted by Crippen LogP contribution is 2.26. The van der Waals surface area contributed by atoms with Crippen molar-refractivity contribution in [2.24, 2.45) is 5.92 Å². The van der Waals surface area contributed by atoms with Crippen molar-refractivity contribution in [1.82, 2.24) is 10.6 Å². The van der Waals surface area contributed by atoms with Crippen molar-refractivity contribution in [2.45, 2.75) is 25.8 Å². The average molecular weight is 324 g/mol. The summed E-state index contributed by atoms with van der Waals surface area (Å²) in [6.07, 6.45) is 2.52. The second kappa shape index (κ2) is 8.33. The molecular formula is C14H21Cl3N2. The molecule has 0 amide bonds. The van der Waals surface area contributed by atoms with Crippen molar-refractivity contribution in [3.63, 3.8) is 0 Å². The van der Waals surface area contributed by atoms with Crippen LogP contribution >= 0.6 is 35.6 Å². The summed E-state index contributed by atoms with van der Waals surface area (Å²) in [6.45, 7) is 5.49. The maximum Gasteiger partial charge on any atom is 0.0468 e. The van der Waals surface area contributed by atoms with Gasteiger partial charge in [-0.05, 0) is 63.0 Å². The smallest absolute Gasteiger partial charge is 0.0468 e. The van der Waals surface area contributed by atoms with Gasteiger partial charge in [0.25, 0.3) is 0 Å². The van der Waals surface area contributed by atoms with Crippen LogP contribution in [-0.4, -0.2) is 19.6 Å². The summed E-state index contributed by atoms with van der Waals surface area (Å²) < 4.78 is 0. The third-order valence-electron chi connectivity index (χ3n) is 3.60. The molecule has 1 heterocycles. The predicted octanol–water partition coefficient (Wildman–Crippen LogP) is 4.07. The van der Waals surface area contributed by atoms with Crippen molar-refractivity contribution in [1.29, 1.82) is 0 Å². The van der Waals surface area contributed by atoms with Gasteiger partial charge >= 0.3 is 0 Å². The van der Waals surface area contributed by atoms with Crippen LogP contribution in [0.5, 0.6) is 0 Å².